The zero-order chi connectivity index (χ0) is 15.0. The third-order valence-corrected chi connectivity index (χ3v) is 3.57. The summed E-state index contributed by atoms with van der Waals surface area (Å²) in [5.74, 6) is 0.969. The Kier molecular flexibility index (Phi) is 3.39. The van der Waals surface area contributed by atoms with Gasteiger partial charge in [0, 0.05) is 11.6 Å². The Morgan fingerprint density at radius 3 is 2.48 bits per heavy atom. The van der Waals surface area contributed by atoms with E-state index in [2.05, 4.69) is 0 Å². The SMILES string of the molecule is COc1ccc(-c2cc(=S)oc3cc(C)cc(O)c23)cc1. The molecule has 0 bridgehead atoms. The normalized spacial score (nSPS) is 10.8. The molecule has 106 valence electrons. The van der Waals surface area contributed by atoms with E-state index in [0.717, 1.165) is 22.4 Å². The first kappa shape index (κ1) is 13.6. The summed E-state index contributed by atoms with van der Waals surface area (Å²) in [6, 6.07) is 13.0. The minimum Gasteiger partial charge on any atom is -0.507 e. The maximum atomic E-state index is 10.3. The van der Waals surface area contributed by atoms with E-state index in [4.69, 9.17) is 21.4 Å². The van der Waals surface area contributed by atoms with E-state index >= 15 is 0 Å². The first-order valence-corrected chi connectivity index (χ1v) is 6.91. The molecule has 4 heteroatoms. The minimum absolute atomic E-state index is 0.189. The highest BCUT2D eigenvalue weighted by atomic mass is 32.1. The van der Waals surface area contributed by atoms with E-state index in [1.807, 2.05) is 37.3 Å². The van der Waals surface area contributed by atoms with Crippen LogP contribution < -0.4 is 4.74 Å². The Balaban J connectivity index is 2.32. The number of phenols is 1. The van der Waals surface area contributed by atoms with Crippen LogP contribution in [0, 0.1) is 11.6 Å². The molecule has 0 unspecified atom stereocenters. The van der Waals surface area contributed by atoms with Crippen molar-refractivity contribution in [3.8, 4) is 22.6 Å². The van der Waals surface area contributed by atoms with Crippen molar-refractivity contribution in [2.75, 3.05) is 7.11 Å². The van der Waals surface area contributed by atoms with E-state index in [0.29, 0.717) is 15.7 Å². The maximum Gasteiger partial charge on any atom is 0.191 e. The summed E-state index contributed by atoms with van der Waals surface area (Å²) < 4.78 is 11.1. The number of methoxy groups -OCH3 is 1. The van der Waals surface area contributed by atoms with Gasteiger partial charge in [0.05, 0.1) is 12.5 Å². The maximum absolute atomic E-state index is 10.3. The van der Waals surface area contributed by atoms with Crippen LogP contribution in [-0.4, -0.2) is 12.2 Å². The molecule has 0 aliphatic carbocycles. The molecule has 0 spiro atoms. The molecule has 0 amide bonds. The average Bonchev–Trinajstić information content (AvgIpc) is 2.45. The Bertz CT molecular complexity index is 864. The van der Waals surface area contributed by atoms with Crippen LogP contribution in [0.1, 0.15) is 5.56 Å². The van der Waals surface area contributed by atoms with Crippen molar-refractivity contribution >= 4 is 23.2 Å². The highest BCUT2D eigenvalue weighted by Crippen LogP contribution is 2.36. The summed E-state index contributed by atoms with van der Waals surface area (Å²) in [4.78, 5) is 0. The molecule has 1 heterocycles. The number of hydrogen-bond acceptors (Lipinski definition) is 4. The van der Waals surface area contributed by atoms with Gasteiger partial charge in [0.2, 0.25) is 0 Å². The van der Waals surface area contributed by atoms with Gasteiger partial charge in [-0.25, -0.2) is 0 Å². The van der Waals surface area contributed by atoms with E-state index in [-0.39, 0.29) is 5.75 Å². The monoisotopic (exact) mass is 298 g/mol. The summed E-state index contributed by atoms with van der Waals surface area (Å²) in [6.07, 6.45) is 0. The van der Waals surface area contributed by atoms with Crippen LogP contribution in [0.25, 0.3) is 22.1 Å². The molecule has 0 fully saturated rings. The standard InChI is InChI=1S/C17H14O3S/c1-10-7-14(18)17-13(9-16(21)20-15(17)8-10)11-3-5-12(19-2)6-4-11/h3-9,18H,1-2H3. The lowest BCUT2D eigenvalue weighted by Gasteiger charge is -2.09. The molecule has 0 saturated carbocycles. The van der Waals surface area contributed by atoms with Crippen molar-refractivity contribution in [2.24, 2.45) is 0 Å². The number of benzene rings is 2. The third-order valence-electron chi connectivity index (χ3n) is 3.37. The molecule has 1 N–H and O–H groups in total. The number of phenolic OH excluding ortho intramolecular Hbond substituents is 1. The van der Waals surface area contributed by atoms with Gasteiger partial charge in [0.1, 0.15) is 17.1 Å². The number of rotatable bonds is 2. The molecule has 0 saturated heterocycles. The Hall–Kier alpha value is -2.33. The first-order chi connectivity index (χ1) is 10.1. The fraction of sp³-hybridized carbons (Fsp3) is 0.118. The van der Waals surface area contributed by atoms with Crippen LogP contribution in [-0.2, 0) is 0 Å². The van der Waals surface area contributed by atoms with Crippen molar-refractivity contribution in [2.45, 2.75) is 6.92 Å². The summed E-state index contributed by atoms with van der Waals surface area (Å²) in [6.45, 7) is 1.90. The molecule has 0 aliphatic rings. The fourth-order valence-corrected chi connectivity index (χ4v) is 2.62. The van der Waals surface area contributed by atoms with E-state index in [1.165, 1.54) is 0 Å². The van der Waals surface area contributed by atoms with Crippen molar-refractivity contribution in [1.82, 2.24) is 0 Å². The Morgan fingerprint density at radius 2 is 1.81 bits per heavy atom. The van der Waals surface area contributed by atoms with Crippen molar-refractivity contribution < 1.29 is 14.3 Å². The summed E-state index contributed by atoms with van der Waals surface area (Å²) in [5.41, 5.74) is 3.30. The lowest BCUT2D eigenvalue weighted by Crippen LogP contribution is -1.86. The second-order valence-electron chi connectivity index (χ2n) is 4.86. The third kappa shape index (κ3) is 2.50. The molecule has 21 heavy (non-hydrogen) atoms. The molecule has 3 aromatic rings. The lowest BCUT2D eigenvalue weighted by molar-refractivity contribution is 0.415. The topological polar surface area (TPSA) is 42.6 Å². The fourth-order valence-electron chi connectivity index (χ4n) is 2.41. The van der Waals surface area contributed by atoms with Crippen molar-refractivity contribution in [3.05, 3.63) is 52.7 Å². The second-order valence-corrected chi connectivity index (χ2v) is 5.27. The summed E-state index contributed by atoms with van der Waals surface area (Å²) in [7, 11) is 1.63. The summed E-state index contributed by atoms with van der Waals surface area (Å²) >= 11 is 5.19. The number of aryl methyl sites for hydroxylation is 1. The van der Waals surface area contributed by atoms with Crippen LogP contribution in [0.3, 0.4) is 0 Å². The Labute approximate surface area is 127 Å². The smallest absolute Gasteiger partial charge is 0.191 e. The lowest BCUT2D eigenvalue weighted by atomic mass is 10.0. The van der Waals surface area contributed by atoms with Crippen LogP contribution >= 0.6 is 12.2 Å². The molecule has 2 aromatic carbocycles. The van der Waals surface area contributed by atoms with Crippen molar-refractivity contribution in [3.63, 3.8) is 0 Å². The zero-order valence-electron chi connectivity index (χ0n) is 11.7. The molecule has 3 nitrogen and oxygen atoms in total. The molecule has 0 aliphatic heterocycles. The van der Waals surface area contributed by atoms with Gasteiger partial charge in [-0.1, -0.05) is 12.1 Å². The highest BCUT2D eigenvalue weighted by molar-refractivity contribution is 7.71. The zero-order valence-corrected chi connectivity index (χ0v) is 12.5. The molecular weight excluding hydrogens is 284 g/mol. The van der Waals surface area contributed by atoms with Gasteiger partial charge < -0.3 is 14.3 Å². The first-order valence-electron chi connectivity index (χ1n) is 6.50. The molecule has 1 aromatic heterocycles. The van der Waals surface area contributed by atoms with Crippen LogP contribution in [0.5, 0.6) is 11.5 Å². The summed E-state index contributed by atoms with van der Waals surface area (Å²) in [5, 5.41) is 10.9. The molecule has 0 atom stereocenters. The van der Waals surface area contributed by atoms with Gasteiger partial charge in [-0.3, -0.25) is 0 Å². The van der Waals surface area contributed by atoms with Gasteiger partial charge in [-0.15, -0.1) is 0 Å². The minimum atomic E-state index is 0.189. The average molecular weight is 298 g/mol. The number of fused-ring (bicyclic) bond motifs is 1. The Morgan fingerprint density at radius 1 is 1.10 bits per heavy atom. The number of hydrogen-bond donors (Lipinski definition) is 1. The van der Waals surface area contributed by atoms with Crippen molar-refractivity contribution in [1.29, 1.82) is 0 Å². The highest BCUT2D eigenvalue weighted by Gasteiger charge is 2.11. The van der Waals surface area contributed by atoms with Crippen LogP contribution in [0.2, 0.25) is 0 Å². The van der Waals surface area contributed by atoms with Gasteiger partial charge in [0.15, 0.2) is 4.71 Å². The quantitative estimate of drug-likeness (QED) is 0.687. The second kappa shape index (κ2) is 5.22. The molecule has 0 radical (unpaired) electrons. The predicted octanol–water partition coefficient (Wildman–Crippen LogP) is 4.85. The van der Waals surface area contributed by atoms with E-state index in [1.54, 1.807) is 19.2 Å². The van der Waals surface area contributed by atoms with Gasteiger partial charge >= 0.3 is 0 Å². The molecular formula is C17H14O3S. The van der Waals surface area contributed by atoms with Crippen LogP contribution in [0.15, 0.2) is 46.9 Å². The van der Waals surface area contributed by atoms with Gasteiger partial charge in [0.25, 0.3) is 0 Å². The number of ether oxygens (including phenoxy) is 1. The van der Waals surface area contributed by atoms with Gasteiger partial charge in [-0.05, 0) is 54.5 Å². The van der Waals surface area contributed by atoms with E-state index < -0.39 is 0 Å². The largest absolute Gasteiger partial charge is 0.507 e. The van der Waals surface area contributed by atoms with Gasteiger partial charge in [-0.2, -0.15) is 0 Å². The number of aromatic hydroxyl groups is 1. The van der Waals surface area contributed by atoms with E-state index in [9.17, 15) is 5.11 Å². The molecule has 3 rings (SSSR count). The van der Waals surface area contributed by atoms with Crippen LogP contribution in [0.4, 0.5) is 0 Å². The predicted molar refractivity (Wildman–Crippen MR) is 85.4 cm³/mol.